The van der Waals surface area contributed by atoms with E-state index in [1.807, 2.05) is 42.5 Å². The highest BCUT2D eigenvalue weighted by atomic mass is 79.9. The van der Waals surface area contributed by atoms with Gasteiger partial charge >= 0.3 is 5.97 Å². The number of esters is 1. The number of nitrogens with zero attached hydrogens (tertiary/aromatic N) is 1. The lowest BCUT2D eigenvalue weighted by atomic mass is 9.96. The Morgan fingerprint density at radius 3 is 2.24 bits per heavy atom. The fourth-order valence-corrected chi connectivity index (χ4v) is 5.09. The smallest absolute Gasteiger partial charge is 0.310 e. The molecule has 4 rings (SSSR count). The second kappa shape index (κ2) is 15.7. The molecule has 0 radical (unpaired) electrons. The summed E-state index contributed by atoms with van der Waals surface area (Å²) < 4.78 is 20.8. The molecule has 2 fully saturated rings. The Hall–Kier alpha value is -2.14. The number of aryl methyl sites for hydroxylation is 1. The van der Waals surface area contributed by atoms with Crippen molar-refractivity contribution in [2.24, 2.45) is 5.92 Å². The lowest BCUT2D eigenvalue weighted by molar-refractivity contribution is -0.144. The first-order valence-electron chi connectivity index (χ1n) is 11.7. The van der Waals surface area contributed by atoms with Crippen LogP contribution >= 0.6 is 15.9 Å². The maximum absolute atomic E-state index is 12.0. The van der Waals surface area contributed by atoms with Gasteiger partial charge in [-0.15, -0.1) is 0 Å². The zero-order valence-electron chi connectivity index (χ0n) is 20.0. The average Bonchev–Trinajstić information content (AvgIpc) is 3.35. The topological polar surface area (TPSA) is 58.6 Å². The molecule has 1 saturated heterocycles. The van der Waals surface area contributed by atoms with Gasteiger partial charge in [0.25, 0.3) is 0 Å². The number of ether oxygens (including phenoxy) is 1. The van der Waals surface area contributed by atoms with Gasteiger partial charge < -0.3 is 9.64 Å². The Balaban J connectivity index is 0.000000196. The molecule has 34 heavy (non-hydrogen) atoms. The first-order chi connectivity index (χ1) is 16.4. The largest absolute Gasteiger partial charge is 0.469 e. The summed E-state index contributed by atoms with van der Waals surface area (Å²) in [5.41, 5.74) is 1.32. The van der Waals surface area contributed by atoms with Crippen molar-refractivity contribution >= 4 is 32.9 Å². The van der Waals surface area contributed by atoms with Crippen molar-refractivity contribution in [3.63, 3.8) is 0 Å². The first kappa shape index (κ1) is 28.1. The summed E-state index contributed by atoms with van der Waals surface area (Å²) in [6.45, 7) is 3.53. The quantitative estimate of drug-likeness (QED) is 0.408. The van der Waals surface area contributed by atoms with E-state index in [-0.39, 0.29) is 11.9 Å². The summed E-state index contributed by atoms with van der Waals surface area (Å²) in [7, 11) is 0.344. The molecule has 1 aliphatic heterocycles. The molecule has 2 atom stereocenters. The highest BCUT2D eigenvalue weighted by Crippen LogP contribution is 2.19. The Kier molecular flexibility index (Phi) is 13.0. The Morgan fingerprint density at radius 2 is 1.74 bits per heavy atom. The van der Waals surface area contributed by atoms with Crippen molar-refractivity contribution < 1.29 is 13.7 Å². The maximum atomic E-state index is 12.0. The van der Waals surface area contributed by atoms with Crippen molar-refractivity contribution in [2.45, 2.75) is 56.4 Å². The predicted molar refractivity (Wildman–Crippen MR) is 142 cm³/mol. The molecule has 1 heterocycles. The van der Waals surface area contributed by atoms with Gasteiger partial charge in [-0.05, 0) is 50.5 Å². The minimum atomic E-state index is -1.06. The number of benzene rings is 2. The fraction of sp³-hybridized carbons (Fsp3) is 0.444. The summed E-state index contributed by atoms with van der Waals surface area (Å²) >= 11 is 3.37. The van der Waals surface area contributed by atoms with Crippen LogP contribution in [0.2, 0.25) is 0 Å². The molecule has 1 N–H and O–H groups in total. The second-order valence-electron chi connectivity index (χ2n) is 8.41. The zero-order chi connectivity index (χ0) is 24.8. The summed E-state index contributed by atoms with van der Waals surface area (Å²) in [5.74, 6) is -0.168. The van der Waals surface area contributed by atoms with E-state index < -0.39 is 11.0 Å². The number of terminal acetylenes is 1. The van der Waals surface area contributed by atoms with E-state index in [9.17, 15) is 9.00 Å². The third kappa shape index (κ3) is 10.4. The standard InChI is InChI=1S/C12H16BrNOS.C8H11NO2.C7H8/c13-10-6-8-12(9-7-10)16(15)14-11-4-2-1-3-5-11;1-3-9-5-4-7(6-9)8(10)11-2;1-7-5-3-2-4-6-7/h6-9,11,14H,1-5H2;1,7H,4-6H2,2H3;2-6H,1H3. The lowest BCUT2D eigenvalue weighted by Crippen LogP contribution is -2.32. The zero-order valence-corrected chi connectivity index (χ0v) is 22.4. The van der Waals surface area contributed by atoms with Gasteiger partial charge in [-0.3, -0.25) is 4.79 Å². The van der Waals surface area contributed by atoms with Gasteiger partial charge in [0.2, 0.25) is 0 Å². The van der Waals surface area contributed by atoms with Crippen LogP contribution in [0.15, 0.2) is 64.0 Å². The summed E-state index contributed by atoms with van der Waals surface area (Å²) in [4.78, 5) is 13.6. The van der Waals surface area contributed by atoms with Crippen LogP contribution in [0.3, 0.4) is 0 Å². The Bertz CT molecular complexity index is 925. The van der Waals surface area contributed by atoms with Gasteiger partial charge in [0, 0.05) is 29.6 Å². The van der Waals surface area contributed by atoms with Crippen LogP contribution in [0.25, 0.3) is 0 Å². The molecule has 2 unspecified atom stereocenters. The number of hydrogen-bond acceptors (Lipinski definition) is 4. The molecule has 2 aromatic carbocycles. The van der Waals surface area contributed by atoms with Crippen molar-refractivity contribution in [3.05, 3.63) is 64.6 Å². The normalized spacial score (nSPS) is 18.4. The Morgan fingerprint density at radius 1 is 1.09 bits per heavy atom. The van der Waals surface area contributed by atoms with E-state index in [1.165, 1.54) is 31.9 Å². The van der Waals surface area contributed by atoms with E-state index in [2.05, 4.69) is 50.5 Å². The predicted octanol–water partition coefficient (Wildman–Crippen LogP) is 5.46. The van der Waals surface area contributed by atoms with Crippen LogP contribution < -0.4 is 4.72 Å². The summed E-state index contributed by atoms with van der Waals surface area (Å²) in [5, 5.41) is 0. The van der Waals surface area contributed by atoms with Crippen LogP contribution in [0.5, 0.6) is 0 Å². The molecule has 1 aliphatic carbocycles. The van der Waals surface area contributed by atoms with Crippen molar-refractivity contribution in [3.8, 4) is 12.5 Å². The van der Waals surface area contributed by atoms with Gasteiger partial charge in [-0.25, -0.2) is 8.93 Å². The number of carbonyl (C=O) groups is 1. The fourth-order valence-electron chi connectivity index (χ4n) is 3.77. The van der Waals surface area contributed by atoms with Gasteiger partial charge in [0.1, 0.15) is 11.0 Å². The van der Waals surface area contributed by atoms with E-state index >= 15 is 0 Å². The number of halogens is 1. The number of rotatable bonds is 4. The van der Waals surface area contributed by atoms with Gasteiger partial charge in [0.05, 0.1) is 17.9 Å². The van der Waals surface area contributed by atoms with Gasteiger partial charge in [0.15, 0.2) is 0 Å². The molecule has 184 valence electrons. The van der Waals surface area contributed by atoms with E-state index in [4.69, 9.17) is 6.42 Å². The molecule has 1 saturated carbocycles. The number of carbonyl (C=O) groups excluding carboxylic acids is 1. The average molecular weight is 548 g/mol. The molecule has 5 nitrogen and oxygen atoms in total. The molecular formula is C27H35BrN2O3S. The molecule has 2 aliphatic rings. The van der Waals surface area contributed by atoms with E-state index in [1.54, 1.807) is 4.90 Å². The number of nitrogens with one attached hydrogen (secondary N) is 1. The van der Waals surface area contributed by atoms with Crippen LogP contribution in [-0.4, -0.2) is 41.3 Å². The number of hydrogen-bond donors (Lipinski definition) is 1. The van der Waals surface area contributed by atoms with Crippen LogP contribution in [0, 0.1) is 25.3 Å². The van der Waals surface area contributed by atoms with Gasteiger partial charge in [-0.1, -0.05) is 77.5 Å². The highest BCUT2D eigenvalue weighted by Gasteiger charge is 2.27. The van der Waals surface area contributed by atoms with Crippen LogP contribution in [0.1, 0.15) is 44.1 Å². The highest BCUT2D eigenvalue weighted by molar-refractivity contribution is 9.10. The minimum absolute atomic E-state index is 0.0175. The number of methoxy groups -OCH3 is 1. The molecular weight excluding hydrogens is 512 g/mol. The third-order valence-electron chi connectivity index (χ3n) is 5.75. The molecule has 0 amide bonds. The van der Waals surface area contributed by atoms with E-state index in [0.717, 1.165) is 35.2 Å². The van der Waals surface area contributed by atoms with Gasteiger partial charge in [-0.2, -0.15) is 0 Å². The first-order valence-corrected chi connectivity index (χ1v) is 13.6. The Labute approximate surface area is 215 Å². The SMILES string of the molecule is C#CN1CCC(C(=O)OC)C1.Cc1ccccc1.O=S(NC1CCCCC1)c1ccc(Br)cc1. The van der Waals surface area contributed by atoms with E-state index in [0.29, 0.717) is 12.6 Å². The molecule has 2 aromatic rings. The maximum Gasteiger partial charge on any atom is 0.310 e. The van der Waals surface area contributed by atoms with Crippen molar-refractivity contribution in [1.29, 1.82) is 0 Å². The second-order valence-corrected chi connectivity index (χ2v) is 10.6. The lowest BCUT2D eigenvalue weighted by Gasteiger charge is -2.22. The third-order valence-corrected chi connectivity index (χ3v) is 7.53. The molecule has 0 bridgehead atoms. The summed E-state index contributed by atoms with van der Waals surface area (Å²) in [6, 6.07) is 20.8. The van der Waals surface area contributed by atoms with Crippen LogP contribution in [0.4, 0.5) is 0 Å². The monoisotopic (exact) mass is 546 g/mol. The number of likely N-dealkylation sites (tertiary alicyclic amines) is 1. The molecule has 0 aromatic heterocycles. The molecule has 7 heteroatoms. The van der Waals surface area contributed by atoms with Crippen molar-refractivity contribution in [2.75, 3.05) is 20.2 Å². The molecule has 0 spiro atoms. The minimum Gasteiger partial charge on any atom is -0.469 e. The van der Waals surface area contributed by atoms with Crippen molar-refractivity contribution in [1.82, 2.24) is 9.62 Å². The van der Waals surface area contributed by atoms with Crippen LogP contribution in [-0.2, 0) is 20.5 Å². The summed E-state index contributed by atoms with van der Waals surface area (Å²) in [6.07, 6.45) is 12.1.